The minimum Gasteiger partial charge on any atom is -0.444 e. The van der Waals surface area contributed by atoms with Crippen molar-refractivity contribution in [3.63, 3.8) is 0 Å². The van der Waals surface area contributed by atoms with Crippen LogP contribution in [0.25, 0.3) is 0 Å². The summed E-state index contributed by atoms with van der Waals surface area (Å²) in [6, 6.07) is 0. The van der Waals surface area contributed by atoms with E-state index in [1.54, 1.807) is 0 Å². The van der Waals surface area contributed by atoms with Crippen LogP contribution in [0.5, 0.6) is 0 Å². The molecule has 0 aromatic carbocycles. The van der Waals surface area contributed by atoms with Crippen molar-refractivity contribution in [2.75, 3.05) is 26.7 Å². The van der Waals surface area contributed by atoms with Crippen molar-refractivity contribution in [1.29, 1.82) is 0 Å². The number of rotatable bonds is 1. The highest BCUT2D eigenvalue weighted by molar-refractivity contribution is 5.68. The summed E-state index contributed by atoms with van der Waals surface area (Å²) < 4.78 is 5.60. The van der Waals surface area contributed by atoms with Crippen molar-refractivity contribution < 1.29 is 9.53 Å². The number of nitrogens with two attached hydrogens (primary N) is 1. The van der Waals surface area contributed by atoms with Gasteiger partial charge in [-0.05, 0) is 76.6 Å². The fraction of sp³-hybridized carbons (Fsp3) is 0.708. The van der Waals surface area contributed by atoms with Gasteiger partial charge >= 0.3 is 6.09 Å². The van der Waals surface area contributed by atoms with Gasteiger partial charge in [-0.2, -0.15) is 0 Å². The average Bonchev–Trinajstić information content (AvgIpc) is 2.86. The van der Waals surface area contributed by atoms with Gasteiger partial charge in [-0.25, -0.2) is 4.79 Å². The van der Waals surface area contributed by atoms with E-state index >= 15 is 0 Å². The summed E-state index contributed by atoms with van der Waals surface area (Å²) in [5.74, 6) is 0.440. The second kappa shape index (κ2) is 9.73. The number of ether oxygens (including phenoxy) is 1. The summed E-state index contributed by atoms with van der Waals surface area (Å²) in [5.41, 5.74) is 7.89. The highest BCUT2D eigenvalue weighted by Crippen LogP contribution is 2.39. The molecule has 29 heavy (non-hydrogen) atoms. The molecular weight excluding hydrogens is 362 g/mol. The number of carbonyl (C=O) groups excluding carboxylic acids is 1. The topological polar surface area (TPSA) is 58.8 Å². The second-order valence-electron chi connectivity index (χ2n) is 10.1. The lowest BCUT2D eigenvalue weighted by molar-refractivity contribution is 0.0255. The normalized spacial score (nSPS) is 27.0. The molecule has 1 atom stereocenters. The van der Waals surface area contributed by atoms with Gasteiger partial charge in [-0.3, -0.25) is 0 Å². The first-order chi connectivity index (χ1) is 13.5. The van der Waals surface area contributed by atoms with Gasteiger partial charge in [0.1, 0.15) is 5.60 Å². The van der Waals surface area contributed by atoms with Crippen LogP contribution < -0.4 is 5.73 Å². The Morgan fingerprint density at radius 3 is 2.59 bits per heavy atom. The zero-order chi connectivity index (χ0) is 21.7. The summed E-state index contributed by atoms with van der Waals surface area (Å²) >= 11 is 0. The lowest BCUT2D eigenvalue weighted by atomic mass is 9.74. The van der Waals surface area contributed by atoms with Gasteiger partial charge in [0.2, 0.25) is 0 Å². The number of carbonyl (C=O) groups is 1. The van der Waals surface area contributed by atoms with E-state index in [-0.39, 0.29) is 11.5 Å². The number of amides is 1. The molecule has 2 aliphatic heterocycles. The van der Waals surface area contributed by atoms with E-state index in [0.29, 0.717) is 5.92 Å². The third-order valence-electron chi connectivity index (χ3n) is 5.71. The number of hydrogen-bond acceptors (Lipinski definition) is 4. The van der Waals surface area contributed by atoms with Gasteiger partial charge in [0, 0.05) is 37.8 Å². The molecule has 1 amide bonds. The molecule has 2 heterocycles. The molecule has 2 aliphatic rings. The van der Waals surface area contributed by atoms with Crippen molar-refractivity contribution >= 4 is 6.09 Å². The molecule has 1 saturated heterocycles. The monoisotopic (exact) mass is 403 g/mol. The van der Waals surface area contributed by atoms with Gasteiger partial charge < -0.3 is 20.3 Å². The molecule has 164 valence electrons. The van der Waals surface area contributed by atoms with E-state index in [1.165, 1.54) is 5.57 Å². The molecule has 0 bridgehead atoms. The number of allylic oxidation sites excluding steroid dienone is 4. The summed E-state index contributed by atoms with van der Waals surface area (Å²) in [7, 11) is 2.16. The van der Waals surface area contributed by atoms with E-state index in [2.05, 4.69) is 50.2 Å². The maximum absolute atomic E-state index is 12.5. The van der Waals surface area contributed by atoms with Crippen molar-refractivity contribution in [2.45, 2.75) is 72.3 Å². The standard InChI is InChI=1S/C24H41N3O2/c1-23(2,3)29-22(28)27-16-9-10-19(13-17-27)21-18-26(6)15-8-7-11-20(25)12-14-24(21,4)5/h11-12,14,18-19H,7-10,13,15-17,25H2,1-6H3/b14-12-,20-11?,21-18-. The molecule has 5 heteroatoms. The molecule has 0 aliphatic carbocycles. The molecule has 1 unspecified atom stereocenters. The summed E-state index contributed by atoms with van der Waals surface area (Å²) in [5, 5.41) is 0. The zero-order valence-corrected chi connectivity index (χ0v) is 19.3. The highest BCUT2D eigenvalue weighted by atomic mass is 16.6. The third-order valence-corrected chi connectivity index (χ3v) is 5.71. The van der Waals surface area contributed by atoms with Gasteiger partial charge in [-0.15, -0.1) is 0 Å². The van der Waals surface area contributed by atoms with Crippen LogP contribution in [0, 0.1) is 11.3 Å². The largest absolute Gasteiger partial charge is 0.444 e. The van der Waals surface area contributed by atoms with Crippen LogP contribution in [0.1, 0.15) is 66.7 Å². The Bertz CT molecular complexity index is 656. The van der Waals surface area contributed by atoms with Gasteiger partial charge in [-0.1, -0.05) is 26.0 Å². The average molecular weight is 404 g/mol. The van der Waals surface area contributed by atoms with Crippen molar-refractivity contribution in [3.8, 4) is 0 Å². The Hall–Kier alpha value is -1.91. The Morgan fingerprint density at radius 1 is 1.17 bits per heavy atom. The van der Waals surface area contributed by atoms with Crippen LogP contribution in [0.3, 0.4) is 0 Å². The molecule has 5 nitrogen and oxygen atoms in total. The maximum atomic E-state index is 12.5. The Morgan fingerprint density at radius 2 is 1.90 bits per heavy atom. The minimum atomic E-state index is -0.455. The van der Waals surface area contributed by atoms with Crippen LogP contribution in [0.15, 0.2) is 35.7 Å². The molecule has 0 aromatic rings. The zero-order valence-electron chi connectivity index (χ0n) is 19.3. The van der Waals surface area contributed by atoms with Gasteiger partial charge in [0.15, 0.2) is 0 Å². The quantitative estimate of drug-likeness (QED) is 0.665. The molecule has 0 saturated carbocycles. The Labute approximate surface area is 177 Å². The summed E-state index contributed by atoms with van der Waals surface area (Å²) in [4.78, 5) is 16.7. The highest BCUT2D eigenvalue weighted by Gasteiger charge is 2.31. The molecule has 0 radical (unpaired) electrons. The van der Waals surface area contributed by atoms with Crippen LogP contribution in [-0.2, 0) is 4.74 Å². The number of likely N-dealkylation sites (tertiary alicyclic amines) is 1. The fourth-order valence-corrected chi connectivity index (χ4v) is 4.09. The fourth-order valence-electron chi connectivity index (χ4n) is 4.09. The van der Waals surface area contributed by atoms with Crippen LogP contribution in [-0.4, -0.2) is 48.2 Å². The first-order valence-corrected chi connectivity index (χ1v) is 11.0. The molecule has 1 fully saturated rings. The molecular formula is C24H41N3O2. The number of nitrogens with zero attached hydrogens (tertiary/aromatic N) is 2. The van der Waals surface area contributed by atoms with E-state index in [0.717, 1.165) is 57.4 Å². The van der Waals surface area contributed by atoms with Crippen molar-refractivity contribution in [1.82, 2.24) is 9.80 Å². The van der Waals surface area contributed by atoms with Gasteiger partial charge in [0.25, 0.3) is 0 Å². The van der Waals surface area contributed by atoms with E-state index < -0.39 is 5.60 Å². The smallest absolute Gasteiger partial charge is 0.410 e. The van der Waals surface area contributed by atoms with Crippen molar-refractivity contribution in [2.24, 2.45) is 17.1 Å². The van der Waals surface area contributed by atoms with Crippen molar-refractivity contribution in [3.05, 3.63) is 35.7 Å². The minimum absolute atomic E-state index is 0.0944. The van der Waals surface area contributed by atoms with E-state index in [4.69, 9.17) is 10.5 Å². The van der Waals surface area contributed by atoms with Crippen LogP contribution >= 0.6 is 0 Å². The lowest BCUT2D eigenvalue weighted by Gasteiger charge is -2.33. The molecule has 2 N–H and O–H groups in total. The first kappa shape index (κ1) is 23.4. The molecule has 0 aromatic heterocycles. The summed E-state index contributed by atoms with van der Waals surface area (Å²) in [6.07, 6.45) is 13.7. The lowest BCUT2D eigenvalue weighted by Crippen LogP contribution is -2.37. The van der Waals surface area contributed by atoms with E-state index in [9.17, 15) is 4.79 Å². The Kier molecular flexibility index (Phi) is 7.84. The SMILES string of the molecule is CN1/C=C(/C2CCCN(C(=O)OC(C)(C)C)CC2)C(C)(C)/C=C\C(N)=CCCC1. The maximum Gasteiger partial charge on any atom is 0.410 e. The molecule has 2 rings (SSSR count). The first-order valence-electron chi connectivity index (χ1n) is 11.0. The van der Waals surface area contributed by atoms with Gasteiger partial charge in [0.05, 0.1) is 0 Å². The predicted molar refractivity (Wildman–Crippen MR) is 120 cm³/mol. The molecule has 0 spiro atoms. The number of hydrogen-bond donors (Lipinski definition) is 1. The predicted octanol–water partition coefficient (Wildman–Crippen LogP) is 5.06. The van der Waals surface area contributed by atoms with Crippen LogP contribution in [0.4, 0.5) is 4.79 Å². The van der Waals surface area contributed by atoms with E-state index in [1.807, 2.05) is 25.7 Å². The third kappa shape index (κ3) is 7.45. The Balaban J connectivity index is 2.20. The van der Waals surface area contributed by atoms with Crippen LogP contribution in [0.2, 0.25) is 0 Å². The summed E-state index contributed by atoms with van der Waals surface area (Å²) in [6.45, 7) is 12.8. The second-order valence-corrected chi connectivity index (χ2v) is 10.1.